The van der Waals surface area contributed by atoms with E-state index >= 15 is 0 Å². The maximum absolute atomic E-state index is 12.1. The van der Waals surface area contributed by atoms with E-state index in [0.29, 0.717) is 29.9 Å². The van der Waals surface area contributed by atoms with Crippen molar-refractivity contribution in [3.8, 4) is 5.75 Å². The standard InChI is InChI=1S/C15H19NO5/c1-16(19-2)15(18)11-9-13(20-7-4-3-6-17)12-5-8-21-14(12)10-11/h5,8-10,17H,3-4,6-7H2,1-2H3. The molecular weight excluding hydrogens is 274 g/mol. The number of benzene rings is 1. The fourth-order valence-corrected chi connectivity index (χ4v) is 1.94. The van der Waals surface area contributed by atoms with Gasteiger partial charge in [-0.2, -0.15) is 0 Å². The van der Waals surface area contributed by atoms with E-state index in [1.54, 1.807) is 24.5 Å². The maximum Gasteiger partial charge on any atom is 0.277 e. The zero-order valence-electron chi connectivity index (χ0n) is 12.2. The highest BCUT2D eigenvalue weighted by Crippen LogP contribution is 2.29. The number of rotatable bonds is 7. The van der Waals surface area contributed by atoms with E-state index in [9.17, 15) is 4.79 Å². The Morgan fingerprint density at radius 1 is 1.38 bits per heavy atom. The predicted octanol–water partition coefficient (Wildman–Crippen LogP) is 2.22. The number of aliphatic hydroxyl groups is 1. The van der Waals surface area contributed by atoms with Gasteiger partial charge in [0.1, 0.15) is 11.3 Å². The molecule has 0 aliphatic carbocycles. The number of hydroxylamine groups is 2. The van der Waals surface area contributed by atoms with Crippen LogP contribution in [0.4, 0.5) is 0 Å². The van der Waals surface area contributed by atoms with Crippen molar-refractivity contribution in [1.82, 2.24) is 5.06 Å². The molecule has 0 bridgehead atoms. The predicted molar refractivity (Wildman–Crippen MR) is 77.1 cm³/mol. The van der Waals surface area contributed by atoms with Gasteiger partial charge in [-0.3, -0.25) is 9.63 Å². The van der Waals surface area contributed by atoms with Gasteiger partial charge in [-0.1, -0.05) is 0 Å². The van der Waals surface area contributed by atoms with Crippen LogP contribution >= 0.6 is 0 Å². The number of ether oxygens (including phenoxy) is 1. The first kappa shape index (κ1) is 15.3. The number of nitrogens with zero attached hydrogens (tertiary/aromatic N) is 1. The Bertz CT molecular complexity index is 607. The fraction of sp³-hybridized carbons (Fsp3) is 0.400. The summed E-state index contributed by atoms with van der Waals surface area (Å²) in [4.78, 5) is 17.0. The summed E-state index contributed by atoms with van der Waals surface area (Å²) in [5, 5.41) is 10.7. The van der Waals surface area contributed by atoms with Gasteiger partial charge in [-0.25, -0.2) is 5.06 Å². The molecule has 1 heterocycles. The van der Waals surface area contributed by atoms with Crippen LogP contribution in [0.5, 0.6) is 5.75 Å². The summed E-state index contributed by atoms with van der Waals surface area (Å²) in [5.74, 6) is 0.308. The summed E-state index contributed by atoms with van der Waals surface area (Å²) < 4.78 is 11.1. The lowest BCUT2D eigenvalue weighted by atomic mass is 10.1. The van der Waals surface area contributed by atoms with Gasteiger partial charge in [0.05, 0.1) is 25.4 Å². The summed E-state index contributed by atoms with van der Waals surface area (Å²) in [6.07, 6.45) is 2.98. The van der Waals surface area contributed by atoms with Gasteiger partial charge in [-0.05, 0) is 31.0 Å². The van der Waals surface area contributed by atoms with Crippen molar-refractivity contribution in [2.75, 3.05) is 27.4 Å². The molecular formula is C15H19NO5. The fourth-order valence-electron chi connectivity index (χ4n) is 1.94. The molecule has 0 radical (unpaired) electrons. The number of carbonyl (C=O) groups is 1. The van der Waals surface area contributed by atoms with Crippen molar-refractivity contribution >= 4 is 16.9 Å². The van der Waals surface area contributed by atoms with Crippen molar-refractivity contribution in [2.45, 2.75) is 12.8 Å². The Labute approximate surface area is 122 Å². The topological polar surface area (TPSA) is 72.1 Å². The third-order valence-electron chi connectivity index (χ3n) is 3.15. The van der Waals surface area contributed by atoms with E-state index in [0.717, 1.165) is 16.9 Å². The number of unbranched alkanes of at least 4 members (excludes halogenated alkanes) is 1. The molecule has 114 valence electrons. The second-order valence-electron chi connectivity index (χ2n) is 4.57. The highest BCUT2D eigenvalue weighted by molar-refractivity contribution is 5.99. The SMILES string of the molecule is CON(C)C(=O)c1cc(OCCCCO)c2ccoc2c1. The molecule has 2 rings (SSSR count). The monoisotopic (exact) mass is 293 g/mol. The Morgan fingerprint density at radius 3 is 2.90 bits per heavy atom. The van der Waals surface area contributed by atoms with Crippen LogP contribution in [-0.4, -0.2) is 43.4 Å². The van der Waals surface area contributed by atoms with E-state index in [1.807, 2.05) is 0 Å². The molecule has 6 nitrogen and oxygen atoms in total. The van der Waals surface area contributed by atoms with Crippen LogP contribution in [0.3, 0.4) is 0 Å². The maximum atomic E-state index is 12.1. The number of furan rings is 1. The summed E-state index contributed by atoms with van der Waals surface area (Å²) in [6, 6.07) is 5.13. The van der Waals surface area contributed by atoms with Crippen molar-refractivity contribution in [3.05, 3.63) is 30.0 Å². The van der Waals surface area contributed by atoms with Crippen LogP contribution in [0.2, 0.25) is 0 Å². The van der Waals surface area contributed by atoms with Gasteiger partial charge < -0.3 is 14.3 Å². The largest absolute Gasteiger partial charge is 0.493 e. The Balaban J connectivity index is 2.25. The zero-order valence-corrected chi connectivity index (χ0v) is 12.2. The number of carbonyl (C=O) groups excluding carboxylic acids is 1. The third-order valence-corrected chi connectivity index (χ3v) is 3.15. The van der Waals surface area contributed by atoms with Gasteiger partial charge in [0, 0.05) is 19.2 Å². The minimum absolute atomic E-state index is 0.141. The van der Waals surface area contributed by atoms with Crippen LogP contribution in [0.25, 0.3) is 11.0 Å². The van der Waals surface area contributed by atoms with Gasteiger partial charge >= 0.3 is 0 Å². The molecule has 1 amide bonds. The van der Waals surface area contributed by atoms with Crippen LogP contribution in [0.1, 0.15) is 23.2 Å². The minimum atomic E-state index is -0.281. The average Bonchev–Trinajstić information content (AvgIpc) is 2.98. The first-order valence-corrected chi connectivity index (χ1v) is 6.74. The molecule has 6 heteroatoms. The van der Waals surface area contributed by atoms with E-state index in [4.69, 9.17) is 19.1 Å². The van der Waals surface area contributed by atoms with Gasteiger partial charge in [0.15, 0.2) is 0 Å². The molecule has 0 fully saturated rings. The van der Waals surface area contributed by atoms with E-state index in [2.05, 4.69) is 0 Å². The van der Waals surface area contributed by atoms with E-state index in [-0.39, 0.29) is 12.5 Å². The van der Waals surface area contributed by atoms with E-state index in [1.165, 1.54) is 14.2 Å². The lowest BCUT2D eigenvalue weighted by Gasteiger charge is -2.14. The normalized spacial score (nSPS) is 10.8. The molecule has 1 aromatic heterocycles. The number of aliphatic hydroxyl groups excluding tert-OH is 1. The van der Waals surface area contributed by atoms with Gasteiger partial charge in [-0.15, -0.1) is 0 Å². The summed E-state index contributed by atoms with van der Waals surface area (Å²) in [6.45, 7) is 0.611. The molecule has 0 aliphatic heterocycles. The smallest absolute Gasteiger partial charge is 0.277 e. The molecule has 0 unspecified atom stereocenters. The number of hydrogen-bond donors (Lipinski definition) is 1. The van der Waals surface area contributed by atoms with Crippen molar-refractivity contribution in [1.29, 1.82) is 0 Å². The first-order valence-electron chi connectivity index (χ1n) is 6.74. The Kier molecular flexibility index (Phi) is 5.19. The van der Waals surface area contributed by atoms with Crippen LogP contribution in [0, 0.1) is 0 Å². The number of fused-ring (bicyclic) bond motifs is 1. The van der Waals surface area contributed by atoms with Gasteiger partial charge in [0.25, 0.3) is 5.91 Å². The second kappa shape index (κ2) is 7.10. The molecule has 0 saturated carbocycles. The third kappa shape index (κ3) is 3.53. The molecule has 0 atom stereocenters. The van der Waals surface area contributed by atoms with E-state index < -0.39 is 0 Å². The molecule has 0 saturated heterocycles. The van der Waals surface area contributed by atoms with Crippen molar-refractivity contribution < 1.29 is 23.9 Å². The molecule has 21 heavy (non-hydrogen) atoms. The van der Waals surface area contributed by atoms with Gasteiger partial charge in [0.2, 0.25) is 0 Å². The van der Waals surface area contributed by atoms with Crippen LogP contribution in [-0.2, 0) is 4.84 Å². The second-order valence-corrected chi connectivity index (χ2v) is 4.57. The lowest BCUT2D eigenvalue weighted by Crippen LogP contribution is -2.25. The Morgan fingerprint density at radius 2 is 2.19 bits per heavy atom. The lowest BCUT2D eigenvalue weighted by molar-refractivity contribution is -0.0757. The van der Waals surface area contributed by atoms with Crippen LogP contribution < -0.4 is 4.74 Å². The van der Waals surface area contributed by atoms with Crippen molar-refractivity contribution in [3.63, 3.8) is 0 Å². The summed E-state index contributed by atoms with van der Waals surface area (Å²) in [7, 11) is 2.96. The molecule has 1 N–H and O–H groups in total. The van der Waals surface area contributed by atoms with Crippen molar-refractivity contribution in [2.24, 2.45) is 0 Å². The Hall–Kier alpha value is -2.05. The minimum Gasteiger partial charge on any atom is -0.493 e. The quantitative estimate of drug-likeness (QED) is 0.626. The molecule has 1 aromatic carbocycles. The molecule has 2 aromatic rings. The zero-order chi connectivity index (χ0) is 15.2. The highest BCUT2D eigenvalue weighted by atomic mass is 16.7. The molecule has 0 spiro atoms. The highest BCUT2D eigenvalue weighted by Gasteiger charge is 2.16. The number of amides is 1. The summed E-state index contributed by atoms with van der Waals surface area (Å²) >= 11 is 0. The molecule has 0 aliphatic rings. The number of hydrogen-bond acceptors (Lipinski definition) is 5. The summed E-state index contributed by atoms with van der Waals surface area (Å²) in [5.41, 5.74) is 1.02. The van der Waals surface area contributed by atoms with Crippen LogP contribution in [0.15, 0.2) is 28.9 Å². The first-order chi connectivity index (χ1) is 10.2. The average molecular weight is 293 g/mol.